The zero-order valence-corrected chi connectivity index (χ0v) is 20.3. The molecule has 1 N–H and O–H groups in total. The summed E-state index contributed by atoms with van der Waals surface area (Å²) in [5, 5.41) is 3.50. The molecule has 186 valence electrons. The first-order chi connectivity index (χ1) is 16.2. The van der Waals surface area contributed by atoms with Crippen LogP contribution < -0.4 is 5.32 Å². The zero-order chi connectivity index (χ0) is 24.5. The quantitative estimate of drug-likeness (QED) is 0.617. The molecule has 0 saturated carbocycles. The number of nitrogens with one attached hydrogen (secondary N) is 1. The first-order valence-corrected chi connectivity index (χ1v) is 12.1. The Bertz CT molecular complexity index is 1020. The molecule has 1 atom stereocenters. The summed E-state index contributed by atoms with van der Waals surface area (Å²) in [7, 11) is 0. The van der Waals surface area contributed by atoms with Crippen molar-refractivity contribution < 1.29 is 18.3 Å². The fourth-order valence-electron chi connectivity index (χ4n) is 4.81. The number of hydrogen-bond acceptors (Lipinski definition) is 5. The molecule has 0 spiro atoms. The van der Waals surface area contributed by atoms with Gasteiger partial charge in [-0.15, -0.1) is 0 Å². The topological polar surface area (TPSA) is 62.1 Å². The van der Waals surface area contributed by atoms with Crippen LogP contribution in [0.1, 0.15) is 50.8 Å². The third-order valence-electron chi connectivity index (χ3n) is 6.77. The lowest BCUT2D eigenvalue weighted by Gasteiger charge is -2.38. The number of alkyl halides is 2. The number of fused-ring (bicyclic) bond motifs is 1. The Morgan fingerprint density at radius 1 is 1.35 bits per heavy atom. The molecular weight excluding hydrogens is 440 g/mol. The first-order valence-electron chi connectivity index (χ1n) is 12.1. The third-order valence-corrected chi connectivity index (χ3v) is 6.77. The molecular formula is C25H35F2N5O2. The lowest BCUT2D eigenvalue weighted by Crippen LogP contribution is -2.51. The number of nitrogens with zero attached hydrogens (tertiary/aromatic N) is 4. The summed E-state index contributed by atoms with van der Waals surface area (Å²) in [4.78, 5) is 20.6. The molecule has 2 fully saturated rings. The molecule has 1 amide bonds. The minimum Gasteiger partial charge on any atom is -0.379 e. The van der Waals surface area contributed by atoms with E-state index in [1.165, 1.54) is 12.3 Å². The van der Waals surface area contributed by atoms with E-state index in [0.29, 0.717) is 31.0 Å². The van der Waals surface area contributed by atoms with Gasteiger partial charge < -0.3 is 24.3 Å². The molecule has 0 aliphatic carbocycles. The van der Waals surface area contributed by atoms with Crippen LogP contribution in [-0.2, 0) is 15.5 Å². The lowest BCUT2D eigenvalue weighted by atomic mass is 10.0. The van der Waals surface area contributed by atoms with Crippen LogP contribution in [0.15, 0.2) is 31.1 Å². The molecule has 2 aromatic heterocycles. The van der Waals surface area contributed by atoms with Crippen LogP contribution in [0.5, 0.6) is 0 Å². The van der Waals surface area contributed by atoms with E-state index in [-0.39, 0.29) is 29.5 Å². The maximum Gasteiger partial charge on any atom is 0.272 e. The van der Waals surface area contributed by atoms with Crippen molar-refractivity contribution in [2.45, 2.75) is 57.6 Å². The van der Waals surface area contributed by atoms with Gasteiger partial charge in [0.1, 0.15) is 0 Å². The minimum absolute atomic E-state index is 0.00961. The average molecular weight is 476 g/mol. The van der Waals surface area contributed by atoms with E-state index in [1.54, 1.807) is 21.6 Å². The number of carbonyl (C=O) groups excluding carboxylic acids is 1. The van der Waals surface area contributed by atoms with Crippen LogP contribution in [-0.4, -0.2) is 76.6 Å². The van der Waals surface area contributed by atoms with E-state index in [9.17, 15) is 13.6 Å². The maximum atomic E-state index is 14.2. The Hall–Kier alpha value is -2.52. The summed E-state index contributed by atoms with van der Waals surface area (Å²) in [6.07, 6.45) is 6.40. The van der Waals surface area contributed by atoms with Crippen molar-refractivity contribution in [3.8, 4) is 0 Å². The highest BCUT2D eigenvalue weighted by Gasteiger charge is 2.29. The maximum absolute atomic E-state index is 14.2. The minimum atomic E-state index is -2.94. The van der Waals surface area contributed by atoms with Crippen molar-refractivity contribution in [2.75, 3.05) is 44.6 Å². The normalized spacial score (nSPS) is 20.8. The van der Waals surface area contributed by atoms with Crippen LogP contribution in [0, 0.1) is 0 Å². The zero-order valence-electron chi connectivity index (χ0n) is 20.3. The van der Waals surface area contributed by atoms with E-state index in [0.717, 1.165) is 45.1 Å². The van der Waals surface area contributed by atoms with Gasteiger partial charge in [0, 0.05) is 69.3 Å². The van der Waals surface area contributed by atoms with E-state index in [1.807, 2.05) is 13.8 Å². The second-order valence-electron chi connectivity index (χ2n) is 9.76. The van der Waals surface area contributed by atoms with Gasteiger partial charge in [-0.3, -0.25) is 4.79 Å². The highest BCUT2D eigenvalue weighted by atomic mass is 19.3. The fourth-order valence-corrected chi connectivity index (χ4v) is 4.81. The van der Waals surface area contributed by atoms with Gasteiger partial charge in [-0.2, -0.15) is 0 Å². The van der Waals surface area contributed by atoms with Gasteiger partial charge in [-0.1, -0.05) is 20.4 Å². The van der Waals surface area contributed by atoms with Crippen molar-refractivity contribution in [2.24, 2.45) is 0 Å². The Labute approximate surface area is 199 Å². The van der Waals surface area contributed by atoms with Crippen LogP contribution in [0.4, 0.5) is 14.5 Å². The second-order valence-corrected chi connectivity index (χ2v) is 9.76. The Kier molecular flexibility index (Phi) is 7.23. The third kappa shape index (κ3) is 5.41. The van der Waals surface area contributed by atoms with Gasteiger partial charge in [0.25, 0.3) is 5.92 Å². The number of ether oxygens (including phenoxy) is 1. The number of aromatic nitrogens is 2. The molecule has 4 heterocycles. The van der Waals surface area contributed by atoms with Crippen molar-refractivity contribution in [1.29, 1.82) is 0 Å². The Balaban J connectivity index is 1.41. The predicted molar refractivity (Wildman–Crippen MR) is 128 cm³/mol. The van der Waals surface area contributed by atoms with Gasteiger partial charge in [-0.05, 0) is 30.9 Å². The molecule has 2 aromatic rings. The van der Waals surface area contributed by atoms with Crippen LogP contribution in [0.3, 0.4) is 0 Å². The molecule has 9 heteroatoms. The summed E-state index contributed by atoms with van der Waals surface area (Å²) in [5.41, 5.74) is 2.23. The Morgan fingerprint density at radius 2 is 2.09 bits per heavy atom. The monoisotopic (exact) mass is 475 g/mol. The predicted octanol–water partition coefficient (Wildman–Crippen LogP) is 3.86. The smallest absolute Gasteiger partial charge is 0.272 e. The molecule has 2 aliphatic rings. The number of halogens is 2. The number of amides is 1. The molecule has 0 radical (unpaired) electrons. The number of anilines is 1. The molecule has 0 bridgehead atoms. The fraction of sp³-hybridized carbons (Fsp3) is 0.600. The number of hydrogen-bond donors (Lipinski definition) is 1. The summed E-state index contributed by atoms with van der Waals surface area (Å²) in [5.74, 6) is -2.82. The SMILES string of the molecule is C=CC(=O)N1CCOC(CN2CCC(Nc3cc(C(C)(F)F)cn4c(C(C)C)cnc34)CC2)C1. The van der Waals surface area contributed by atoms with Crippen LogP contribution in [0.2, 0.25) is 0 Å². The largest absolute Gasteiger partial charge is 0.379 e. The molecule has 1 unspecified atom stereocenters. The summed E-state index contributed by atoms with van der Waals surface area (Å²) >= 11 is 0. The van der Waals surface area contributed by atoms with Crippen molar-refractivity contribution in [3.05, 3.63) is 42.4 Å². The van der Waals surface area contributed by atoms with Crippen LogP contribution in [0.25, 0.3) is 5.65 Å². The number of carbonyl (C=O) groups is 1. The second kappa shape index (κ2) is 10.00. The number of piperidine rings is 1. The summed E-state index contributed by atoms with van der Waals surface area (Å²) in [6.45, 7) is 12.8. The lowest BCUT2D eigenvalue weighted by molar-refractivity contribution is -0.134. The van der Waals surface area contributed by atoms with Gasteiger partial charge in [0.2, 0.25) is 5.91 Å². The number of rotatable bonds is 7. The van der Waals surface area contributed by atoms with Gasteiger partial charge in [0.05, 0.1) is 18.4 Å². The standard InChI is InChI=1S/C25H35F2N5O2/c1-5-23(33)31-10-11-34-20(16-31)15-30-8-6-19(7-9-30)29-21-12-18(25(4,26)27)14-32-22(17(2)3)13-28-24(21)32/h5,12-14,17,19-20,29H,1,6-11,15-16H2,2-4H3. The van der Waals surface area contributed by atoms with E-state index in [4.69, 9.17) is 4.74 Å². The van der Waals surface area contributed by atoms with Crippen molar-refractivity contribution in [1.82, 2.24) is 19.2 Å². The highest BCUT2D eigenvalue weighted by Crippen LogP contribution is 2.33. The van der Waals surface area contributed by atoms with Crippen molar-refractivity contribution in [3.63, 3.8) is 0 Å². The van der Waals surface area contributed by atoms with Crippen molar-refractivity contribution >= 4 is 17.2 Å². The summed E-state index contributed by atoms with van der Waals surface area (Å²) in [6, 6.07) is 1.71. The number of likely N-dealkylation sites (tertiary alicyclic amines) is 1. The molecule has 0 aromatic carbocycles. The number of morpholine rings is 1. The molecule has 2 aliphatic heterocycles. The molecule has 7 nitrogen and oxygen atoms in total. The number of imidazole rings is 1. The van der Waals surface area contributed by atoms with Gasteiger partial charge >= 0.3 is 0 Å². The molecule has 34 heavy (non-hydrogen) atoms. The number of pyridine rings is 1. The van der Waals surface area contributed by atoms with Gasteiger partial charge in [-0.25, -0.2) is 13.8 Å². The van der Waals surface area contributed by atoms with Gasteiger partial charge in [0.15, 0.2) is 5.65 Å². The van der Waals surface area contributed by atoms with E-state index < -0.39 is 5.92 Å². The summed E-state index contributed by atoms with van der Waals surface area (Å²) < 4.78 is 36.2. The van der Waals surface area contributed by atoms with E-state index >= 15 is 0 Å². The van der Waals surface area contributed by atoms with Crippen LogP contribution >= 0.6 is 0 Å². The highest BCUT2D eigenvalue weighted by molar-refractivity contribution is 5.87. The molecule has 4 rings (SSSR count). The van der Waals surface area contributed by atoms with E-state index in [2.05, 4.69) is 21.8 Å². The average Bonchev–Trinajstić information content (AvgIpc) is 3.24. The Morgan fingerprint density at radius 3 is 2.74 bits per heavy atom. The first kappa shape index (κ1) is 24.6. The molecule has 2 saturated heterocycles.